The Morgan fingerprint density at radius 3 is 2.91 bits per heavy atom. The van der Waals surface area contributed by atoms with Gasteiger partial charge in [0.05, 0.1) is 19.4 Å². The number of nitrogens with zero attached hydrogens (tertiary/aromatic N) is 4. The lowest BCUT2D eigenvalue weighted by Gasteiger charge is -2.22. The highest BCUT2D eigenvalue weighted by Crippen LogP contribution is 2.32. The molecule has 12 heteroatoms. The van der Waals surface area contributed by atoms with Gasteiger partial charge >= 0.3 is 5.63 Å². The summed E-state index contributed by atoms with van der Waals surface area (Å²) in [7, 11) is 3.06. The topological polar surface area (TPSA) is 133 Å². The van der Waals surface area contributed by atoms with E-state index in [1.807, 2.05) is 13.0 Å². The Kier molecular flexibility index (Phi) is 6.51. The van der Waals surface area contributed by atoms with Crippen molar-refractivity contribution in [3.05, 3.63) is 40.2 Å². The van der Waals surface area contributed by atoms with Crippen LogP contribution in [0.25, 0.3) is 5.13 Å². The molecule has 0 saturated heterocycles. The molecule has 1 saturated carbocycles. The van der Waals surface area contributed by atoms with Gasteiger partial charge in [-0.05, 0) is 25.8 Å². The number of rotatable bonds is 8. The molecule has 2 N–H and O–H groups in total. The zero-order chi connectivity index (χ0) is 22.7. The lowest BCUT2D eigenvalue weighted by Crippen LogP contribution is -2.28. The number of anilines is 2. The van der Waals surface area contributed by atoms with Gasteiger partial charge in [-0.1, -0.05) is 17.8 Å². The number of hydrogen-bond acceptors (Lipinski definition) is 10. The largest absolute Gasteiger partial charge is 0.488 e. The van der Waals surface area contributed by atoms with Crippen LogP contribution in [0.5, 0.6) is 5.75 Å². The second-order valence-electron chi connectivity index (χ2n) is 7.47. The van der Waals surface area contributed by atoms with Crippen molar-refractivity contribution in [2.24, 2.45) is 5.92 Å². The minimum Gasteiger partial charge on any atom is -0.488 e. The number of amides is 1. The van der Waals surface area contributed by atoms with Crippen molar-refractivity contribution in [3.63, 3.8) is 0 Å². The molecule has 0 aliphatic heterocycles. The molecule has 3 aromatic heterocycles. The number of aryl methyl sites for hydroxylation is 1. The molecule has 3 heterocycles. The highest BCUT2D eigenvalue weighted by Gasteiger charge is 2.29. The predicted molar refractivity (Wildman–Crippen MR) is 118 cm³/mol. The third-order valence-corrected chi connectivity index (χ3v) is 6.18. The highest BCUT2D eigenvalue weighted by atomic mass is 32.1. The van der Waals surface area contributed by atoms with Crippen molar-refractivity contribution in [2.45, 2.75) is 32.2 Å². The number of ether oxygens (including phenoxy) is 2. The summed E-state index contributed by atoms with van der Waals surface area (Å²) in [6, 6.07) is 3.41. The Bertz CT molecular complexity index is 1160. The minimum atomic E-state index is -0.742. The van der Waals surface area contributed by atoms with Gasteiger partial charge in [0.25, 0.3) is 5.91 Å². The van der Waals surface area contributed by atoms with Crippen LogP contribution < -0.4 is 21.0 Å². The van der Waals surface area contributed by atoms with Gasteiger partial charge in [-0.25, -0.2) is 9.48 Å². The van der Waals surface area contributed by atoms with Crippen molar-refractivity contribution in [1.82, 2.24) is 20.0 Å². The van der Waals surface area contributed by atoms with Crippen molar-refractivity contribution >= 4 is 28.1 Å². The zero-order valence-corrected chi connectivity index (χ0v) is 18.8. The maximum Gasteiger partial charge on any atom is 0.381 e. The normalized spacial score (nSPS) is 18.0. The summed E-state index contributed by atoms with van der Waals surface area (Å²) in [6.45, 7) is 2.50. The fourth-order valence-electron chi connectivity index (χ4n) is 3.81. The van der Waals surface area contributed by atoms with Crippen molar-refractivity contribution < 1.29 is 18.7 Å². The summed E-state index contributed by atoms with van der Waals surface area (Å²) < 4.78 is 17.3. The maximum absolute atomic E-state index is 12.8. The predicted octanol–water partition coefficient (Wildman–Crippen LogP) is 2.47. The van der Waals surface area contributed by atoms with E-state index in [4.69, 9.17) is 13.9 Å². The average Bonchev–Trinajstić information content (AvgIpc) is 3.50. The summed E-state index contributed by atoms with van der Waals surface area (Å²) in [6.07, 6.45) is 4.66. The third kappa shape index (κ3) is 4.50. The molecule has 1 aliphatic carbocycles. The molecule has 0 bridgehead atoms. The Balaban J connectivity index is 1.54. The highest BCUT2D eigenvalue weighted by molar-refractivity contribution is 7.17. The molecule has 4 rings (SSSR count). The Hall–Kier alpha value is -3.25. The van der Waals surface area contributed by atoms with E-state index in [1.165, 1.54) is 13.2 Å². The third-order valence-electron chi connectivity index (χ3n) is 5.36. The van der Waals surface area contributed by atoms with E-state index in [2.05, 4.69) is 25.9 Å². The number of hydrogen-bond donors (Lipinski definition) is 2. The zero-order valence-electron chi connectivity index (χ0n) is 18.0. The molecule has 11 nitrogen and oxygen atoms in total. The lowest BCUT2D eigenvalue weighted by atomic mass is 10.0. The molecule has 170 valence electrons. The van der Waals surface area contributed by atoms with Crippen LogP contribution in [0.3, 0.4) is 0 Å². The van der Waals surface area contributed by atoms with E-state index < -0.39 is 11.5 Å². The molecule has 1 amide bonds. The van der Waals surface area contributed by atoms with Crippen LogP contribution in [-0.2, 0) is 4.74 Å². The van der Waals surface area contributed by atoms with Gasteiger partial charge in [-0.3, -0.25) is 10.1 Å². The number of nitrogens with one attached hydrogen (secondary N) is 2. The number of methoxy groups -OCH3 is 2. The van der Waals surface area contributed by atoms with Gasteiger partial charge in [0.15, 0.2) is 5.76 Å². The second-order valence-corrected chi connectivity index (χ2v) is 8.43. The Morgan fingerprint density at radius 2 is 2.19 bits per heavy atom. The van der Waals surface area contributed by atoms with Gasteiger partial charge in [-0.2, -0.15) is 5.10 Å². The molecule has 32 heavy (non-hydrogen) atoms. The van der Waals surface area contributed by atoms with E-state index in [9.17, 15) is 9.59 Å². The molecule has 3 aromatic rings. The summed E-state index contributed by atoms with van der Waals surface area (Å²) in [5.74, 6) is -0.448. The minimum absolute atomic E-state index is 0.0250. The van der Waals surface area contributed by atoms with Gasteiger partial charge in [-0.15, -0.1) is 10.2 Å². The van der Waals surface area contributed by atoms with Crippen LogP contribution in [0.1, 0.15) is 35.5 Å². The van der Waals surface area contributed by atoms with Gasteiger partial charge in [0.2, 0.25) is 16.0 Å². The molecule has 0 unspecified atom stereocenters. The van der Waals surface area contributed by atoms with Crippen LogP contribution >= 0.6 is 11.3 Å². The first-order valence-electron chi connectivity index (χ1n) is 10.1. The van der Waals surface area contributed by atoms with E-state index in [0.29, 0.717) is 23.3 Å². The SMILES string of the molecule is COC[C@H]1CCC[C@H]1Nc1cc(C(=O)Nc2nnc(-n3nccc3C)s2)oc(=O)c1OC. The Labute approximate surface area is 187 Å². The molecule has 0 aromatic carbocycles. The van der Waals surface area contributed by atoms with Crippen LogP contribution in [0.15, 0.2) is 27.5 Å². The summed E-state index contributed by atoms with van der Waals surface area (Å²) in [5.41, 5.74) is 0.552. The van der Waals surface area contributed by atoms with Crippen molar-refractivity contribution in [3.8, 4) is 10.9 Å². The summed E-state index contributed by atoms with van der Waals surface area (Å²) >= 11 is 1.15. The van der Waals surface area contributed by atoms with E-state index in [1.54, 1.807) is 18.0 Å². The van der Waals surface area contributed by atoms with E-state index >= 15 is 0 Å². The number of aromatic nitrogens is 4. The van der Waals surface area contributed by atoms with E-state index in [0.717, 1.165) is 36.3 Å². The summed E-state index contributed by atoms with van der Waals surface area (Å²) in [4.78, 5) is 25.2. The molecular weight excluding hydrogens is 436 g/mol. The van der Waals surface area contributed by atoms with Gasteiger partial charge < -0.3 is 19.2 Å². The number of carbonyl (C=O) groups excluding carboxylic acids is 1. The van der Waals surface area contributed by atoms with Crippen molar-refractivity contribution in [2.75, 3.05) is 31.5 Å². The number of carbonyl (C=O) groups is 1. The molecule has 0 spiro atoms. The molecule has 1 fully saturated rings. The van der Waals surface area contributed by atoms with Crippen LogP contribution in [0, 0.1) is 12.8 Å². The lowest BCUT2D eigenvalue weighted by molar-refractivity contribution is 0.0991. The maximum atomic E-state index is 12.8. The molecular formula is C20H24N6O5S. The quantitative estimate of drug-likeness (QED) is 0.520. The smallest absolute Gasteiger partial charge is 0.381 e. The molecule has 2 atom stereocenters. The first-order chi connectivity index (χ1) is 15.5. The first kappa shape index (κ1) is 22.0. The fraction of sp³-hybridized carbons (Fsp3) is 0.450. The monoisotopic (exact) mass is 460 g/mol. The first-order valence-corrected chi connectivity index (χ1v) is 10.9. The Morgan fingerprint density at radius 1 is 1.34 bits per heavy atom. The second kappa shape index (κ2) is 9.49. The van der Waals surface area contributed by atoms with Gasteiger partial charge in [0, 0.05) is 37.0 Å². The summed E-state index contributed by atoms with van der Waals surface area (Å²) in [5, 5.41) is 18.9. The van der Waals surface area contributed by atoms with Crippen LogP contribution in [0.4, 0.5) is 10.8 Å². The van der Waals surface area contributed by atoms with Crippen molar-refractivity contribution in [1.29, 1.82) is 0 Å². The van der Waals surface area contributed by atoms with Gasteiger partial charge in [0.1, 0.15) is 0 Å². The average molecular weight is 461 g/mol. The van der Waals surface area contributed by atoms with E-state index in [-0.39, 0.29) is 22.7 Å². The van der Waals surface area contributed by atoms with Crippen LogP contribution in [0.2, 0.25) is 0 Å². The van der Waals surface area contributed by atoms with Crippen LogP contribution in [-0.4, -0.2) is 52.8 Å². The standard InChI is InChI=1S/C20H24N6O5S/c1-11-7-8-21-26(11)20-25-24-19(32-20)23-17(27)15-9-14(16(30-3)18(28)31-15)22-13-6-4-5-12(13)10-29-2/h7-9,12-13,22H,4-6,10H2,1-3H3,(H,23,24,27)/t12-,13-/m1/s1. The molecule has 1 aliphatic rings. The molecule has 0 radical (unpaired) electrons. The fourth-order valence-corrected chi connectivity index (χ4v) is 4.57.